The summed E-state index contributed by atoms with van der Waals surface area (Å²) in [5, 5.41) is 5.61. The number of benzene rings is 2. The van der Waals surface area contributed by atoms with Gasteiger partial charge in [-0.1, -0.05) is 6.07 Å². The number of methoxy groups -OCH3 is 1. The zero-order valence-electron chi connectivity index (χ0n) is 14.4. The van der Waals surface area contributed by atoms with Crippen molar-refractivity contribution in [3.8, 4) is 5.75 Å². The van der Waals surface area contributed by atoms with E-state index in [1.165, 1.54) is 6.92 Å². The summed E-state index contributed by atoms with van der Waals surface area (Å²) >= 11 is 0. The van der Waals surface area contributed by atoms with Gasteiger partial charge in [-0.2, -0.15) is 0 Å². The van der Waals surface area contributed by atoms with Crippen LogP contribution in [0.4, 0.5) is 5.69 Å². The van der Waals surface area contributed by atoms with E-state index in [4.69, 9.17) is 4.74 Å². The highest BCUT2D eigenvalue weighted by Gasteiger charge is 2.10. The first-order valence-electron chi connectivity index (χ1n) is 7.70. The first-order chi connectivity index (χ1) is 11.4. The Bertz CT molecular complexity index is 769. The highest BCUT2D eigenvalue weighted by atomic mass is 16.5. The highest BCUT2D eigenvalue weighted by molar-refractivity contribution is 5.94. The molecule has 2 rings (SSSR count). The lowest BCUT2D eigenvalue weighted by Gasteiger charge is -2.12. The van der Waals surface area contributed by atoms with Crippen molar-refractivity contribution in [1.82, 2.24) is 5.32 Å². The molecule has 5 heteroatoms. The van der Waals surface area contributed by atoms with Crippen LogP contribution in [0, 0.1) is 13.8 Å². The van der Waals surface area contributed by atoms with Crippen LogP contribution in [-0.4, -0.2) is 18.9 Å². The predicted molar refractivity (Wildman–Crippen MR) is 94.4 cm³/mol. The second-order valence-electron chi connectivity index (χ2n) is 5.69. The topological polar surface area (TPSA) is 67.4 Å². The third kappa shape index (κ3) is 4.35. The molecule has 5 nitrogen and oxygen atoms in total. The number of rotatable bonds is 5. The van der Waals surface area contributed by atoms with E-state index >= 15 is 0 Å². The fourth-order valence-corrected chi connectivity index (χ4v) is 2.36. The normalized spacial score (nSPS) is 10.2. The average molecular weight is 326 g/mol. The largest absolute Gasteiger partial charge is 0.496 e. The van der Waals surface area contributed by atoms with Crippen LogP contribution in [0.3, 0.4) is 0 Å². The van der Waals surface area contributed by atoms with Gasteiger partial charge in [0, 0.05) is 30.3 Å². The summed E-state index contributed by atoms with van der Waals surface area (Å²) in [4.78, 5) is 23.5. The van der Waals surface area contributed by atoms with E-state index in [1.807, 2.05) is 32.0 Å². The molecule has 0 spiro atoms. The van der Waals surface area contributed by atoms with Crippen molar-refractivity contribution in [1.29, 1.82) is 0 Å². The van der Waals surface area contributed by atoms with E-state index in [0.29, 0.717) is 23.5 Å². The number of hydrogen-bond donors (Lipinski definition) is 2. The third-order valence-electron chi connectivity index (χ3n) is 3.81. The molecule has 0 saturated carbocycles. The van der Waals surface area contributed by atoms with Gasteiger partial charge in [0.2, 0.25) is 5.91 Å². The van der Waals surface area contributed by atoms with E-state index in [0.717, 1.165) is 16.7 Å². The van der Waals surface area contributed by atoms with Crippen molar-refractivity contribution in [2.75, 3.05) is 12.4 Å². The molecule has 0 heterocycles. The average Bonchev–Trinajstić information content (AvgIpc) is 2.54. The molecule has 126 valence electrons. The minimum atomic E-state index is -0.148. The zero-order chi connectivity index (χ0) is 17.7. The van der Waals surface area contributed by atoms with Crippen LogP contribution < -0.4 is 15.4 Å². The summed E-state index contributed by atoms with van der Waals surface area (Å²) in [6.07, 6.45) is 0. The Morgan fingerprint density at radius 3 is 2.42 bits per heavy atom. The summed E-state index contributed by atoms with van der Waals surface area (Å²) in [5.41, 5.74) is 4.30. The maximum atomic E-state index is 12.3. The summed E-state index contributed by atoms with van der Waals surface area (Å²) < 4.78 is 5.31. The number of carbonyl (C=O) groups excluding carboxylic acids is 2. The van der Waals surface area contributed by atoms with E-state index in [9.17, 15) is 9.59 Å². The second-order valence-corrected chi connectivity index (χ2v) is 5.69. The van der Waals surface area contributed by atoms with Crippen molar-refractivity contribution >= 4 is 17.5 Å². The lowest BCUT2D eigenvalue weighted by Crippen LogP contribution is -2.23. The van der Waals surface area contributed by atoms with E-state index in [1.54, 1.807) is 25.3 Å². The van der Waals surface area contributed by atoms with Gasteiger partial charge in [-0.15, -0.1) is 0 Å². The van der Waals surface area contributed by atoms with E-state index < -0.39 is 0 Å². The molecule has 0 bridgehead atoms. The van der Waals surface area contributed by atoms with Crippen LogP contribution in [0.2, 0.25) is 0 Å². The fraction of sp³-hybridized carbons (Fsp3) is 0.263. The Labute approximate surface area is 142 Å². The number of carbonyl (C=O) groups is 2. The molecule has 0 atom stereocenters. The van der Waals surface area contributed by atoms with Crippen LogP contribution in [0.25, 0.3) is 0 Å². The van der Waals surface area contributed by atoms with Gasteiger partial charge in [0.1, 0.15) is 5.75 Å². The minimum absolute atomic E-state index is 0.148. The quantitative estimate of drug-likeness (QED) is 0.886. The molecule has 0 aliphatic heterocycles. The fourth-order valence-electron chi connectivity index (χ4n) is 2.36. The zero-order valence-corrected chi connectivity index (χ0v) is 14.4. The van der Waals surface area contributed by atoms with Crippen molar-refractivity contribution in [2.24, 2.45) is 0 Å². The van der Waals surface area contributed by atoms with Gasteiger partial charge in [-0.3, -0.25) is 9.59 Å². The van der Waals surface area contributed by atoms with Gasteiger partial charge >= 0.3 is 0 Å². The summed E-state index contributed by atoms with van der Waals surface area (Å²) in [5.74, 6) is 0.361. The van der Waals surface area contributed by atoms with Crippen molar-refractivity contribution < 1.29 is 14.3 Å². The maximum absolute atomic E-state index is 12.3. The van der Waals surface area contributed by atoms with Gasteiger partial charge < -0.3 is 15.4 Å². The monoisotopic (exact) mass is 326 g/mol. The van der Waals surface area contributed by atoms with Crippen LogP contribution in [-0.2, 0) is 11.3 Å². The van der Waals surface area contributed by atoms with Crippen LogP contribution >= 0.6 is 0 Å². The Balaban J connectivity index is 2.13. The summed E-state index contributed by atoms with van der Waals surface area (Å²) in [7, 11) is 1.57. The number of amides is 2. The Hall–Kier alpha value is -2.82. The molecule has 0 aromatic heterocycles. The molecule has 2 aromatic rings. The minimum Gasteiger partial charge on any atom is -0.496 e. The summed E-state index contributed by atoms with van der Waals surface area (Å²) in [6.45, 7) is 5.75. The standard InChI is InChI=1S/C19H22N2O3/c1-12-5-6-15(9-13(12)2)19(23)20-11-16-10-17(21-14(3)22)7-8-18(16)24-4/h5-10H,11H2,1-4H3,(H,20,23)(H,21,22). The van der Waals surface area contributed by atoms with Crippen LogP contribution in [0.15, 0.2) is 36.4 Å². The lowest BCUT2D eigenvalue weighted by molar-refractivity contribution is -0.114. The smallest absolute Gasteiger partial charge is 0.251 e. The number of ether oxygens (including phenoxy) is 1. The molecule has 0 saturated heterocycles. The van der Waals surface area contributed by atoms with Gasteiger partial charge in [-0.25, -0.2) is 0 Å². The second kappa shape index (κ2) is 7.64. The predicted octanol–water partition coefficient (Wildman–Crippen LogP) is 3.20. The van der Waals surface area contributed by atoms with Gasteiger partial charge in [0.25, 0.3) is 5.91 Å². The molecule has 2 N–H and O–H groups in total. The Kier molecular flexibility index (Phi) is 5.58. The van der Waals surface area contributed by atoms with Crippen molar-refractivity contribution in [2.45, 2.75) is 27.3 Å². The molecule has 0 fully saturated rings. The molecule has 0 aliphatic rings. The molecule has 24 heavy (non-hydrogen) atoms. The highest BCUT2D eigenvalue weighted by Crippen LogP contribution is 2.22. The van der Waals surface area contributed by atoms with E-state index in [2.05, 4.69) is 10.6 Å². The molecule has 0 aliphatic carbocycles. The maximum Gasteiger partial charge on any atom is 0.251 e. The lowest BCUT2D eigenvalue weighted by atomic mass is 10.1. The number of anilines is 1. The number of aryl methyl sites for hydroxylation is 2. The number of hydrogen-bond acceptors (Lipinski definition) is 3. The van der Waals surface area contributed by atoms with Crippen molar-refractivity contribution in [3.63, 3.8) is 0 Å². The Morgan fingerprint density at radius 2 is 1.79 bits per heavy atom. The molecular weight excluding hydrogens is 304 g/mol. The van der Waals surface area contributed by atoms with Crippen molar-refractivity contribution in [3.05, 3.63) is 58.7 Å². The van der Waals surface area contributed by atoms with Gasteiger partial charge in [0.15, 0.2) is 0 Å². The van der Waals surface area contributed by atoms with Gasteiger partial charge in [-0.05, 0) is 55.3 Å². The van der Waals surface area contributed by atoms with Crippen LogP contribution in [0.1, 0.15) is 34.0 Å². The van der Waals surface area contributed by atoms with Gasteiger partial charge in [0.05, 0.1) is 7.11 Å². The first kappa shape index (κ1) is 17.5. The molecule has 2 amide bonds. The molecule has 0 radical (unpaired) electrons. The summed E-state index contributed by atoms with van der Waals surface area (Å²) in [6, 6.07) is 10.9. The number of nitrogens with one attached hydrogen (secondary N) is 2. The SMILES string of the molecule is COc1ccc(NC(C)=O)cc1CNC(=O)c1ccc(C)c(C)c1. The third-order valence-corrected chi connectivity index (χ3v) is 3.81. The molecule has 2 aromatic carbocycles. The first-order valence-corrected chi connectivity index (χ1v) is 7.70. The Morgan fingerprint density at radius 1 is 1.04 bits per heavy atom. The van der Waals surface area contributed by atoms with E-state index in [-0.39, 0.29) is 11.8 Å². The van der Waals surface area contributed by atoms with Crippen LogP contribution in [0.5, 0.6) is 5.75 Å². The molecular formula is C19H22N2O3. The molecule has 0 unspecified atom stereocenters.